The number of rotatable bonds is 3. The fourth-order valence-corrected chi connectivity index (χ4v) is 2.17. The van der Waals surface area contributed by atoms with Crippen LogP contribution in [-0.2, 0) is 9.59 Å². The second-order valence-electron chi connectivity index (χ2n) is 4.71. The highest BCUT2D eigenvalue weighted by atomic mass is 16.4. The largest absolute Gasteiger partial charge is 0.478 e. The lowest BCUT2D eigenvalue weighted by molar-refractivity contribution is -0.131. The van der Waals surface area contributed by atoms with Crippen LogP contribution in [0.5, 0.6) is 0 Å². The highest BCUT2D eigenvalue weighted by Crippen LogP contribution is 2.19. The summed E-state index contributed by atoms with van der Waals surface area (Å²) in [7, 11) is 0. The van der Waals surface area contributed by atoms with E-state index in [4.69, 9.17) is 5.11 Å². The number of aryl methyl sites for hydroxylation is 1. The molecule has 20 heavy (non-hydrogen) atoms. The molecule has 0 unspecified atom stereocenters. The monoisotopic (exact) mass is 275 g/mol. The molecule has 0 spiro atoms. The zero-order chi connectivity index (χ0) is 14.5. The van der Waals surface area contributed by atoms with Crippen LogP contribution in [0.15, 0.2) is 18.3 Å². The third-order valence-corrected chi connectivity index (χ3v) is 3.05. The predicted molar refractivity (Wildman–Crippen MR) is 75.5 cm³/mol. The molecule has 1 aromatic rings. The topological polar surface area (TPSA) is 82.5 Å². The van der Waals surface area contributed by atoms with Gasteiger partial charge in [0.2, 0.25) is 5.91 Å². The third kappa shape index (κ3) is 3.57. The molecule has 1 aliphatic rings. The molecule has 106 valence electrons. The number of amides is 1. The van der Waals surface area contributed by atoms with Gasteiger partial charge in [-0.15, -0.1) is 0 Å². The number of hydrogen-bond donors (Lipinski definition) is 2. The molecule has 0 aromatic carbocycles. The SMILES string of the molecule is Cc1cc(/C=C/C(=O)O)cnc1N1CCCNC(=O)C1. The van der Waals surface area contributed by atoms with Gasteiger partial charge in [-0.2, -0.15) is 0 Å². The van der Waals surface area contributed by atoms with Crippen molar-refractivity contribution in [1.29, 1.82) is 0 Å². The van der Waals surface area contributed by atoms with Gasteiger partial charge < -0.3 is 15.3 Å². The first-order chi connectivity index (χ1) is 9.56. The summed E-state index contributed by atoms with van der Waals surface area (Å²) in [5, 5.41) is 11.4. The van der Waals surface area contributed by atoms with E-state index in [1.165, 1.54) is 6.08 Å². The van der Waals surface area contributed by atoms with E-state index in [1.807, 2.05) is 17.9 Å². The number of nitrogens with zero attached hydrogens (tertiary/aromatic N) is 2. The number of pyridine rings is 1. The van der Waals surface area contributed by atoms with Crippen molar-refractivity contribution < 1.29 is 14.7 Å². The van der Waals surface area contributed by atoms with E-state index in [1.54, 1.807) is 6.20 Å². The van der Waals surface area contributed by atoms with Crippen molar-refractivity contribution in [3.05, 3.63) is 29.5 Å². The molecule has 1 aromatic heterocycles. The number of carboxylic acid groups (broad SMARTS) is 1. The average molecular weight is 275 g/mol. The summed E-state index contributed by atoms with van der Waals surface area (Å²) < 4.78 is 0. The number of carbonyl (C=O) groups is 2. The van der Waals surface area contributed by atoms with Crippen LogP contribution in [0.2, 0.25) is 0 Å². The van der Waals surface area contributed by atoms with E-state index in [-0.39, 0.29) is 5.91 Å². The van der Waals surface area contributed by atoms with Gasteiger partial charge in [0.1, 0.15) is 5.82 Å². The zero-order valence-corrected chi connectivity index (χ0v) is 11.3. The molecule has 1 amide bonds. The lowest BCUT2D eigenvalue weighted by Crippen LogP contribution is -2.33. The number of nitrogens with one attached hydrogen (secondary N) is 1. The van der Waals surface area contributed by atoms with Crippen LogP contribution in [0.4, 0.5) is 5.82 Å². The molecule has 2 heterocycles. The molecule has 1 fully saturated rings. The number of aliphatic carboxylic acids is 1. The van der Waals surface area contributed by atoms with E-state index in [0.29, 0.717) is 13.1 Å². The number of anilines is 1. The Kier molecular flexibility index (Phi) is 4.34. The van der Waals surface area contributed by atoms with Crippen LogP contribution in [0.25, 0.3) is 6.08 Å². The third-order valence-electron chi connectivity index (χ3n) is 3.05. The number of carbonyl (C=O) groups excluding carboxylic acids is 1. The van der Waals surface area contributed by atoms with E-state index in [9.17, 15) is 9.59 Å². The predicted octanol–water partition coefficient (Wildman–Crippen LogP) is 0.814. The summed E-state index contributed by atoms with van der Waals surface area (Å²) in [5.41, 5.74) is 1.65. The second-order valence-corrected chi connectivity index (χ2v) is 4.71. The van der Waals surface area contributed by atoms with Gasteiger partial charge in [0, 0.05) is 25.4 Å². The van der Waals surface area contributed by atoms with Gasteiger partial charge in [0.15, 0.2) is 0 Å². The van der Waals surface area contributed by atoms with Crippen molar-refractivity contribution in [1.82, 2.24) is 10.3 Å². The van der Waals surface area contributed by atoms with Crippen LogP contribution in [0.3, 0.4) is 0 Å². The molecule has 0 atom stereocenters. The van der Waals surface area contributed by atoms with Gasteiger partial charge in [-0.3, -0.25) is 4.79 Å². The minimum Gasteiger partial charge on any atom is -0.478 e. The fourth-order valence-electron chi connectivity index (χ4n) is 2.17. The van der Waals surface area contributed by atoms with Crippen molar-refractivity contribution in [2.24, 2.45) is 0 Å². The molecule has 0 radical (unpaired) electrons. The minimum atomic E-state index is -0.990. The molecule has 0 aliphatic carbocycles. The molecule has 0 saturated carbocycles. The molecule has 6 nitrogen and oxygen atoms in total. The van der Waals surface area contributed by atoms with Gasteiger partial charge in [-0.25, -0.2) is 9.78 Å². The molecular weight excluding hydrogens is 258 g/mol. The van der Waals surface area contributed by atoms with Gasteiger partial charge in [-0.05, 0) is 36.6 Å². The van der Waals surface area contributed by atoms with Crippen LogP contribution in [0, 0.1) is 6.92 Å². The molecular formula is C14H17N3O3. The van der Waals surface area contributed by atoms with Gasteiger partial charge in [0.05, 0.1) is 6.54 Å². The first-order valence-corrected chi connectivity index (χ1v) is 6.45. The molecule has 1 aliphatic heterocycles. The summed E-state index contributed by atoms with van der Waals surface area (Å²) in [6, 6.07) is 1.87. The lowest BCUT2D eigenvalue weighted by Gasteiger charge is -2.22. The number of aromatic nitrogens is 1. The molecule has 0 bridgehead atoms. The van der Waals surface area contributed by atoms with Crippen molar-refractivity contribution >= 4 is 23.8 Å². The quantitative estimate of drug-likeness (QED) is 0.798. The lowest BCUT2D eigenvalue weighted by atomic mass is 10.2. The Labute approximate surface area is 117 Å². The van der Waals surface area contributed by atoms with Crippen LogP contribution in [0.1, 0.15) is 17.5 Å². The van der Waals surface area contributed by atoms with Crippen LogP contribution in [-0.4, -0.2) is 41.6 Å². The summed E-state index contributed by atoms with van der Waals surface area (Å²) in [6.45, 7) is 3.67. The van der Waals surface area contributed by atoms with Crippen LogP contribution < -0.4 is 10.2 Å². The van der Waals surface area contributed by atoms with Crippen molar-refractivity contribution in [3.8, 4) is 0 Å². The fraction of sp³-hybridized carbons (Fsp3) is 0.357. The Morgan fingerprint density at radius 2 is 2.35 bits per heavy atom. The zero-order valence-electron chi connectivity index (χ0n) is 11.3. The number of hydrogen-bond acceptors (Lipinski definition) is 4. The maximum absolute atomic E-state index is 11.6. The summed E-state index contributed by atoms with van der Waals surface area (Å²) in [4.78, 5) is 28.4. The number of carboxylic acids is 1. The smallest absolute Gasteiger partial charge is 0.328 e. The maximum atomic E-state index is 11.6. The molecule has 1 saturated heterocycles. The van der Waals surface area contributed by atoms with E-state index < -0.39 is 5.97 Å². The van der Waals surface area contributed by atoms with Crippen molar-refractivity contribution in [2.75, 3.05) is 24.5 Å². The molecule has 6 heteroatoms. The Morgan fingerprint density at radius 1 is 1.55 bits per heavy atom. The van der Waals surface area contributed by atoms with E-state index in [2.05, 4.69) is 10.3 Å². The van der Waals surface area contributed by atoms with Crippen molar-refractivity contribution in [2.45, 2.75) is 13.3 Å². The summed E-state index contributed by atoms with van der Waals surface area (Å²) >= 11 is 0. The van der Waals surface area contributed by atoms with E-state index >= 15 is 0 Å². The first kappa shape index (κ1) is 14.0. The molecule has 2 rings (SSSR count). The first-order valence-electron chi connectivity index (χ1n) is 6.45. The highest BCUT2D eigenvalue weighted by Gasteiger charge is 2.17. The van der Waals surface area contributed by atoms with E-state index in [0.717, 1.165) is 36.0 Å². The highest BCUT2D eigenvalue weighted by molar-refractivity contribution is 5.85. The summed E-state index contributed by atoms with van der Waals surface area (Å²) in [6.07, 6.45) is 5.08. The maximum Gasteiger partial charge on any atom is 0.328 e. The van der Waals surface area contributed by atoms with Gasteiger partial charge >= 0.3 is 5.97 Å². The Bertz CT molecular complexity index is 555. The Hall–Kier alpha value is -2.37. The Balaban J connectivity index is 2.20. The second kappa shape index (κ2) is 6.18. The van der Waals surface area contributed by atoms with Gasteiger partial charge in [0.25, 0.3) is 0 Å². The minimum absolute atomic E-state index is 0.00134. The van der Waals surface area contributed by atoms with Crippen LogP contribution >= 0.6 is 0 Å². The molecule has 2 N–H and O–H groups in total. The average Bonchev–Trinajstić information content (AvgIpc) is 2.61. The van der Waals surface area contributed by atoms with Crippen molar-refractivity contribution in [3.63, 3.8) is 0 Å². The normalized spacial score (nSPS) is 16.1. The van der Waals surface area contributed by atoms with Gasteiger partial charge in [-0.1, -0.05) is 0 Å². The standard InChI is InChI=1S/C14H17N3O3/c1-10-7-11(3-4-13(19)20)8-16-14(10)17-6-2-5-15-12(18)9-17/h3-4,7-8H,2,5-6,9H2,1H3,(H,15,18)(H,19,20)/b4-3+. The summed E-state index contributed by atoms with van der Waals surface area (Å²) in [5.74, 6) is -0.219. The Morgan fingerprint density at radius 3 is 3.05 bits per heavy atom.